The van der Waals surface area contributed by atoms with E-state index in [2.05, 4.69) is 21.7 Å². The molecule has 6 heteroatoms. The van der Waals surface area contributed by atoms with Gasteiger partial charge in [0.15, 0.2) is 0 Å². The number of amides is 1. The third-order valence-corrected chi connectivity index (χ3v) is 4.70. The lowest BCUT2D eigenvalue weighted by molar-refractivity contribution is -0.120. The van der Waals surface area contributed by atoms with Crippen molar-refractivity contribution in [3.05, 3.63) is 56.2 Å². The van der Waals surface area contributed by atoms with Crippen molar-refractivity contribution < 1.29 is 4.79 Å². The summed E-state index contributed by atoms with van der Waals surface area (Å²) in [5.41, 5.74) is 1.99. The summed E-state index contributed by atoms with van der Waals surface area (Å²) in [6.45, 7) is 0.563. The third kappa shape index (κ3) is 4.71. The van der Waals surface area contributed by atoms with Crippen LogP contribution < -0.4 is 5.32 Å². The molecule has 1 aromatic carbocycles. The Balaban J connectivity index is 1.94. The number of likely N-dealkylation sites (N-methyl/N-ethyl adjacent to an activating group) is 1. The Kier molecular flexibility index (Phi) is 6.26. The molecule has 0 unspecified atom stereocenters. The molecule has 0 saturated carbocycles. The molecular formula is C16H18Cl2N2OS. The van der Waals surface area contributed by atoms with Crippen LogP contribution in [0.25, 0.3) is 0 Å². The molecule has 1 atom stereocenters. The number of carbonyl (C=O) groups is 1. The highest BCUT2D eigenvalue weighted by Gasteiger charge is 2.16. The van der Waals surface area contributed by atoms with Gasteiger partial charge < -0.3 is 10.2 Å². The molecule has 22 heavy (non-hydrogen) atoms. The summed E-state index contributed by atoms with van der Waals surface area (Å²) in [7, 11) is 4.01. The van der Waals surface area contributed by atoms with Crippen LogP contribution in [0.2, 0.25) is 10.0 Å². The van der Waals surface area contributed by atoms with Crippen molar-refractivity contribution in [3.8, 4) is 0 Å². The van der Waals surface area contributed by atoms with Gasteiger partial charge in [0.2, 0.25) is 5.91 Å². The van der Waals surface area contributed by atoms with Gasteiger partial charge in [0, 0.05) is 16.6 Å². The second kappa shape index (κ2) is 7.97. The van der Waals surface area contributed by atoms with Gasteiger partial charge in [0.1, 0.15) is 0 Å². The number of rotatable bonds is 6. The van der Waals surface area contributed by atoms with Gasteiger partial charge in [0.25, 0.3) is 0 Å². The van der Waals surface area contributed by atoms with E-state index in [0.29, 0.717) is 16.6 Å². The van der Waals surface area contributed by atoms with Crippen LogP contribution in [-0.4, -0.2) is 31.4 Å². The molecule has 1 aromatic heterocycles. The summed E-state index contributed by atoms with van der Waals surface area (Å²) in [5.74, 6) is -0.0497. The number of hydrogen-bond donors (Lipinski definition) is 1. The van der Waals surface area contributed by atoms with Gasteiger partial charge in [-0.25, -0.2) is 0 Å². The lowest BCUT2D eigenvalue weighted by Gasteiger charge is -2.24. The molecule has 1 heterocycles. The summed E-state index contributed by atoms with van der Waals surface area (Å²) in [6.07, 6.45) is 0.250. The summed E-state index contributed by atoms with van der Waals surface area (Å²) < 4.78 is 0. The first-order valence-electron chi connectivity index (χ1n) is 6.86. The van der Waals surface area contributed by atoms with Crippen LogP contribution in [0.15, 0.2) is 35.0 Å². The van der Waals surface area contributed by atoms with Gasteiger partial charge in [-0.15, -0.1) is 0 Å². The Hall–Kier alpha value is -1.07. The highest BCUT2D eigenvalue weighted by atomic mass is 35.5. The van der Waals surface area contributed by atoms with Crippen molar-refractivity contribution in [1.82, 2.24) is 10.2 Å². The maximum atomic E-state index is 12.1. The number of halogens is 2. The molecule has 3 nitrogen and oxygen atoms in total. The molecule has 0 aliphatic carbocycles. The minimum absolute atomic E-state index is 0.0497. The zero-order valence-electron chi connectivity index (χ0n) is 12.5. The molecule has 2 rings (SSSR count). The molecular weight excluding hydrogens is 339 g/mol. The number of nitrogens with one attached hydrogen (secondary N) is 1. The van der Waals surface area contributed by atoms with Crippen LogP contribution in [0.3, 0.4) is 0 Å². The quantitative estimate of drug-likeness (QED) is 0.847. The van der Waals surface area contributed by atoms with Crippen molar-refractivity contribution in [2.45, 2.75) is 12.5 Å². The van der Waals surface area contributed by atoms with Crippen molar-refractivity contribution in [1.29, 1.82) is 0 Å². The molecule has 0 aliphatic rings. The van der Waals surface area contributed by atoms with E-state index in [1.165, 1.54) is 5.56 Å². The van der Waals surface area contributed by atoms with Crippen LogP contribution in [0.1, 0.15) is 17.2 Å². The Labute approximate surface area is 144 Å². The topological polar surface area (TPSA) is 32.3 Å². The minimum Gasteiger partial charge on any atom is -0.354 e. The number of benzene rings is 1. The predicted octanol–water partition coefficient (Wildman–Crippen LogP) is 4.02. The largest absolute Gasteiger partial charge is 0.354 e. The van der Waals surface area contributed by atoms with E-state index in [1.54, 1.807) is 29.5 Å². The molecule has 0 bridgehead atoms. The van der Waals surface area contributed by atoms with Crippen LogP contribution >= 0.6 is 34.5 Å². The highest BCUT2D eigenvalue weighted by molar-refractivity contribution is 7.07. The summed E-state index contributed by atoms with van der Waals surface area (Å²) in [4.78, 5) is 14.2. The molecule has 2 aromatic rings. The average molecular weight is 357 g/mol. The van der Waals surface area contributed by atoms with E-state index in [0.717, 1.165) is 5.56 Å². The fraction of sp³-hybridized carbons (Fsp3) is 0.312. The molecule has 1 N–H and O–H groups in total. The molecule has 0 saturated heterocycles. The number of nitrogens with zero attached hydrogens (tertiary/aromatic N) is 1. The van der Waals surface area contributed by atoms with Gasteiger partial charge in [-0.3, -0.25) is 4.79 Å². The van der Waals surface area contributed by atoms with Crippen LogP contribution in [-0.2, 0) is 11.2 Å². The smallest absolute Gasteiger partial charge is 0.224 e. The lowest BCUT2D eigenvalue weighted by Crippen LogP contribution is -2.35. The van der Waals surface area contributed by atoms with Gasteiger partial charge in [-0.05, 0) is 54.2 Å². The van der Waals surface area contributed by atoms with E-state index in [4.69, 9.17) is 23.2 Å². The fourth-order valence-corrected chi connectivity index (χ4v) is 3.36. The molecule has 1 amide bonds. The normalized spacial score (nSPS) is 12.4. The lowest BCUT2D eigenvalue weighted by atomic mass is 10.1. The Morgan fingerprint density at radius 2 is 2.09 bits per heavy atom. The first-order valence-corrected chi connectivity index (χ1v) is 8.56. The molecule has 0 fully saturated rings. The zero-order chi connectivity index (χ0) is 16.1. The maximum absolute atomic E-state index is 12.1. The van der Waals surface area contributed by atoms with Gasteiger partial charge in [-0.2, -0.15) is 11.3 Å². The molecule has 0 spiro atoms. The van der Waals surface area contributed by atoms with Crippen LogP contribution in [0.4, 0.5) is 0 Å². The van der Waals surface area contributed by atoms with Crippen LogP contribution in [0, 0.1) is 0 Å². The van der Waals surface area contributed by atoms with E-state index >= 15 is 0 Å². The summed E-state index contributed by atoms with van der Waals surface area (Å²) >= 11 is 13.6. The Bertz CT molecular complexity index is 629. The third-order valence-electron chi connectivity index (χ3n) is 3.41. The second-order valence-electron chi connectivity index (χ2n) is 5.25. The highest BCUT2D eigenvalue weighted by Crippen LogP contribution is 2.22. The number of hydrogen-bond acceptors (Lipinski definition) is 3. The molecule has 118 valence electrons. The molecule has 0 radical (unpaired) electrons. The van der Waals surface area contributed by atoms with Gasteiger partial charge in [-0.1, -0.05) is 29.3 Å². The van der Waals surface area contributed by atoms with E-state index in [1.807, 2.05) is 19.5 Å². The van der Waals surface area contributed by atoms with Crippen LogP contribution in [0.5, 0.6) is 0 Å². The Morgan fingerprint density at radius 1 is 1.32 bits per heavy atom. The van der Waals surface area contributed by atoms with Crippen molar-refractivity contribution in [2.24, 2.45) is 0 Å². The minimum atomic E-state index is -0.0497. The van der Waals surface area contributed by atoms with Gasteiger partial charge in [0.05, 0.1) is 12.5 Å². The van der Waals surface area contributed by atoms with Crippen molar-refractivity contribution in [3.63, 3.8) is 0 Å². The fourth-order valence-electron chi connectivity index (χ4n) is 2.17. The first-order chi connectivity index (χ1) is 10.5. The second-order valence-corrected chi connectivity index (χ2v) is 6.88. The van der Waals surface area contributed by atoms with Crippen molar-refractivity contribution in [2.75, 3.05) is 20.6 Å². The summed E-state index contributed by atoms with van der Waals surface area (Å²) in [6, 6.07) is 7.42. The first kappa shape index (κ1) is 17.3. The molecule has 0 aliphatic heterocycles. The summed E-state index contributed by atoms with van der Waals surface area (Å²) in [5, 5.41) is 8.21. The van der Waals surface area contributed by atoms with E-state index < -0.39 is 0 Å². The van der Waals surface area contributed by atoms with Crippen molar-refractivity contribution >= 4 is 40.4 Å². The Morgan fingerprint density at radius 3 is 2.68 bits per heavy atom. The average Bonchev–Trinajstić information content (AvgIpc) is 2.96. The number of thiophene rings is 1. The van der Waals surface area contributed by atoms with E-state index in [9.17, 15) is 4.79 Å². The van der Waals surface area contributed by atoms with Gasteiger partial charge >= 0.3 is 0 Å². The SMILES string of the molecule is CN(C)[C@H](CNC(=O)Cc1ccc(Cl)cc1Cl)c1ccsc1. The van der Waals surface area contributed by atoms with E-state index in [-0.39, 0.29) is 18.4 Å². The number of carbonyl (C=O) groups excluding carboxylic acids is 1. The predicted molar refractivity (Wildman–Crippen MR) is 93.9 cm³/mol. The zero-order valence-corrected chi connectivity index (χ0v) is 14.8. The monoisotopic (exact) mass is 356 g/mol. The standard InChI is InChI=1S/C16H18Cl2N2OS/c1-20(2)15(12-5-6-22-10-12)9-19-16(21)7-11-3-4-13(17)8-14(11)18/h3-6,8,10,15H,7,9H2,1-2H3,(H,19,21)/t15-/m1/s1. The maximum Gasteiger partial charge on any atom is 0.224 e.